The molecule has 0 atom stereocenters. The molecule has 28 heavy (non-hydrogen) atoms. The molecule has 0 saturated heterocycles. The Kier molecular flexibility index (Phi) is 5.65. The Morgan fingerprint density at radius 2 is 1.82 bits per heavy atom. The maximum Gasteiger partial charge on any atom is 0.307 e. The molecule has 1 N–H and O–H groups in total. The van der Waals surface area contributed by atoms with Gasteiger partial charge in [-0.3, -0.25) is 4.79 Å². The van der Waals surface area contributed by atoms with Crippen molar-refractivity contribution in [2.24, 2.45) is 5.10 Å². The summed E-state index contributed by atoms with van der Waals surface area (Å²) in [5, 5.41) is 3.57. The molecule has 0 spiro atoms. The zero-order valence-corrected chi connectivity index (χ0v) is 15.1. The van der Waals surface area contributed by atoms with Crippen LogP contribution < -0.4 is 5.43 Å². The van der Waals surface area contributed by atoms with Gasteiger partial charge in [-0.2, -0.15) is 5.10 Å². The number of benzene rings is 2. The maximum absolute atomic E-state index is 13.5. The second-order valence-corrected chi connectivity index (χ2v) is 7.69. The van der Waals surface area contributed by atoms with Crippen LogP contribution >= 0.6 is 0 Å². The molecule has 0 unspecified atom stereocenters. The highest BCUT2D eigenvalue weighted by atomic mass is 32.2. The van der Waals surface area contributed by atoms with Gasteiger partial charge in [-0.1, -0.05) is 18.2 Å². The number of hydrogen-bond donors (Lipinski definition) is 1. The predicted molar refractivity (Wildman–Crippen MR) is 97.5 cm³/mol. The first-order chi connectivity index (χ1) is 13.3. The van der Waals surface area contributed by atoms with Gasteiger partial charge in [0.15, 0.2) is 15.6 Å². The number of hydrazone groups is 1. The molecular weight excluding hydrogens is 390 g/mol. The summed E-state index contributed by atoms with van der Waals surface area (Å²) in [6.45, 7) is 0. The number of nitrogens with zero attached hydrogens (tertiary/aromatic N) is 1. The van der Waals surface area contributed by atoms with E-state index in [1.807, 2.05) is 0 Å². The first kappa shape index (κ1) is 19.4. The molecule has 1 aromatic heterocycles. The van der Waals surface area contributed by atoms with Crippen molar-refractivity contribution < 1.29 is 26.4 Å². The second kappa shape index (κ2) is 8.13. The fourth-order valence-corrected chi connectivity index (χ4v) is 3.57. The summed E-state index contributed by atoms with van der Waals surface area (Å²) in [6, 6.07) is 13.4. The maximum atomic E-state index is 13.5. The molecule has 0 fully saturated rings. The highest BCUT2D eigenvalue weighted by Gasteiger charge is 2.19. The van der Waals surface area contributed by atoms with E-state index in [4.69, 9.17) is 4.42 Å². The van der Waals surface area contributed by atoms with E-state index in [0.717, 1.165) is 12.3 Å². The van der Waals surface area contributed by atoms with Gasteiger partial charge in [0.1, 0.15) is 23.1 Å². The monoisotopic (exact) mass is 404 g/mol. The van der Waals surface area contributed by atoms with E-state index >= 15 is 0 Å². The summed E-state index contributed by atoms with van der Waals surface area (Å²) >= 11 is 0. The predicted octanol–water partition coefficient (Wildman–Crippen LogP) is 3.30. The molecule has 0 aliphatic heterocycles. The van der Waals surface area contributed by atoms with Crippen LogP contribution in [0.4, 0.5) is 8.78 Å². The first-order valence-electron chi connectivity index (χ1n) is 8.00. The average molecular weight is 404 g/mol. The van der Waals surface area contributed by atoms with Gasteiger partial charge in [0.25, 0.3) is 0 Å². The second-order valence-electron chi connectivity index (χ2n) is 5.70. The molecule has 0 aliphatic carbocycles. The van der Waals surface area contributed by atoms with Crippen LogP contribution in [0, 0.1) is 11.6 Å². The normalized spacial score (nSPS) is 11.6. The molecule has 144 valence electrons. The summed E-state index contributed by atoms with van der Waals surface area (Å²) in [7, 11) is -3.61. The van der Waals surface area contributed by atoms with Crippen LogP contribution in [-0.4, -0.2) is 20.5 Å². The van der Waals surface area contributed by atoms with Crippen molar-refractivity contribution in [3.05, 3.63) is 89.4 Å². The van der Waals surface area contributed by atoms with Gasteiger partial charge in [-0.05, 0) is 36.4 Å². The van der Waals surface area contributed by atoms with Gasteiger partial charge in [0, 0.05) is 11.6 Å². The van der Waals surface area contributed by atoms with Crippen molar-refractivity contribution in [2.45, 2.75) is 10.6 Å². The minimum Gasteiger partial charge on any atom is -0.455 e. The fraction of sp³-hybridized carbons (Fsp3) is 0.0526. The van der Waals surface area contributed by atoms with Gasteiger partial charge in [-0.25, -0.2) is 22.6 Å². The average Bonchev–Trinajstić information content (AvgIpc) is 3.12. The number of carbonyl (C=O) groups is 1. The highest BCUT2D eigenvalue weighted by Crippen LogP contribution is 2.18. The van der Waals surface area contributed by atoms with Gasteiger partial charge in [0.2, 0.25) is 0 Å². The molecule has 0 saturated carbocycles. The topological polar surface area (TPSA) is 88.7 Å². The quantitative estimate of drug-likeness (QED) is 0.504. The van der Waals surface area contributed by atoms with Crippen LogP contribution in [0.2, 0.25) is 0 Å². The number of halogens is 2. The van der Waals surface area contributed by atoms with Crippen molar-refractivity contribution in [1.82, 2.24) is 5.43 Å². The Labute approximate surface area is 159 Å². The molecule has 1 heterocycles. The first-order valence-corrected chi connectivity index (χ1v) is 9.65. The smallest absolute Gasteiger partial charge is 0.307 e. The summed E-state index contributed by atoms with van der Waals surface area (Å²) in [5.41, 5.74) is 2.11. The lowest BCUT2D eigenvalue weighted by atomic mass is 10.2. The number of sulfone groups is 1. The molecule has 3 aromatic rings. The number of hydrogen-bond acceptors (Lipinski definition) is 5. The number of furan rings is 1. The van der Waals surface area contributed by atoms with E-state index in [1.54, 1.807) is 18.2 Å². The molecule has 0 bridgehead atoms. The molecular formula is C19H14F2N2O4S. The molecule has 0 aliphatic rings. The summed E-state index contributed by atoms with van der Waals surface area (Å²) < 4.78 is 56.2. The Bertz CT molecular complexity index is 1130. The minimum absolute atomic E-state index is 0.0178. The SMILES string of the molecule is O=C(N/N=C\c1ccc(F)cc1F)c1ccc(CS(=O)(=O)c2ccccc2)o1. The Morgan fingerprint density at radius 3 is 2.54 bits per heavy atom. The summed E-state index contributed by atoms with van der Waals surface area (Å²) in [6.07, 6.45) is 1.01. The van der Waals surface area contributed by atoms with Crippen LogP contribution in [0.1, 0.15) is 21.9 Å². The standard InChI is InChI=1S/C19H14F2N2O4S/c20-14-7-6-13(17(21)10-14)11-22-23-19(24)18-9-8-15(27-18)12-28(25,26)16-4-2-1-3-5-16/h1-11H,12H2,(H,23,24)/b22-11-. The lowest BCUT2D eigenvalue weighted by molar-refractivity contribution is 0.0926. The van der Waals surface area contributed by atoms with Crippen molar-refractivity contribution >= 4 is 22.0 Å². The summed E-state index contributed by atoms with van der Waals surface area (Å²) in [4.78, 5) is 12.1. The van der Waals surface area contributed by atoms with Gasteiger partial charge in [0.05, 0.1) is 11.1 Å². The van der Waals surface area contributed by atoms with Crippen molar-refractivity contribution in [3.8, 4) is 0 Å². The Balaban J connectivity index is 1.65. The molecule has 6 nitrogen and oxygen atoms in total. The van der Waals surface area contributed by atoms with Crippen molar-refractivity contribution in [2.75, 3.05) is 0 Å². The van der Waals surface area contributed by atoms with E-state index < -0.39 is 33.1 Å². The Hall–Kier alpha value is -3.33. The van der Waals surface area contributed by atoms with Crippen LogP contribution in [0.25, 0.3) is 0 Å². The zero-order chi connectivity index (χ0) is 20.1. The lowest BCUT2D eigenvalue weighted by Gasteiger charge is -2.02. The van der Waals surface area contributed by atoms with Crippen LogP contribution in [0.5, 0.6) is 0 Å². The largest absolute Gasteiger partial charge is 0.455 e. The zero-order valence-electron chi connectivity index (χ0n) is 14.3. The van der Waals surface area contributed by atoms with Crippen molar-refractivity contribution in [1.29, 1.82) is 0 Å². The third-order valence-electron chi connectivity index (χ3n) is 3.65. The number of nitrogens with one attached hydrogen (secondary N) is 1. The van der Waals surface area contributed by atoms with Crippen LogP contribution in [0.15, 0.2) is 75.1 Å². The summed E-state index contributed by atoms with van der Waals surface area (Å²) in [5.74, 6) is -2.79. The lowest BCUT2D eigenvalue weighted by Crippen LogP contribution is -2.17. The highest BCUT2D eigenvalue weighted by molar-refractivity contribution is 7.90. The van der Waals surface area contributed by atoms with Crippen LogP contribution in [-0.2, 0) is 15.6 Å². The molecule has 3 rings (SSSR count). The van der Waals surface area contributed by atoms with Gasteiger partial charge in [-0.15, -0.1) is 0 Å². The van der Waals surface area contributed by atoms with E-state index in [9.17, 15) is 22.0 Å². The molecule has 2 aromatic carbocycles. The van der Waals surface area contributed by atoms with Gasteiger partial charge < -0.3 is 4.42 Å². The third-order valence-corrected chi connectivity index (χ3v) is 5.31. The number of amides is 1. The van der Waals surface area contributed by atoms with E-state index in [2.05, 4.69) is 10.5 Å². The van der Waals surface area contributed by atoms with E-state index in [1.165, 1.54) is 30.3 Å². The molecule has 9 heteroatoms. The van der Waals surface area contributed by atoms with E-state index in [0.29, 0.717) is 6.07 Å². The fourth-order valence-electron chi connectivity index (χ4n) is 2.30. The van der Waals surface area contributed by atoms with Crippen LogP contribution in [0.3, 0.4) is 0 Å². The Morgan fingerprint density at radius 1 is 1.07 bits per heavy atom. The molecule has 1 amide bonds. The molecule has 0 radical (unpaired) electrons. The van der Waals surface area contributed by atoms with Crippen molar-refractivity contribution in [3.63, 3.8) is 0 Å². The van der Waals surface area contributed by atoms with E-state index in [-0.39, 0.29) is 22.0 Å². The van der Waals surface area contributed by atoms with Gasteiger partial charge >= 0.3 is 5.91 Å². The third kappa shape index (κ3) is 4.68. The number of rotatable bonds is 6. The number of carbonyl (C=O) groups excluding carboxylic acids is 1. The minimum atomic E-state index is -3.61.